The highest BCUT2D eigenvalue weighted by Crippen LogP contribution is 2.40. The van der Waals surface area contributed by atoms with E-state index >= 15 is 0 Å². The number of fused-ring (bicyclic) bond motifs is 1. The molecule has 2 heterocycles. The lowest BCUT2D eigenvalue weighted by molar-refractivity contribution is -0.387. The largest absolute Gasteiger partial charge is 0.478 e. The van der Waals surface area contributed by atoms with Crippen LogP contribution in [0.25, 0.3) is 16.3 Å². The van der Waals surface area contributed by atoms with Crippen LogP contribution in [0.4, 0.5) is 17.1 Å². The van der Waals surface area contributed by atoms with Crippen LogP contribution in [0.2, 0.25) is 0 Å². The molecule has 0 aliphatic carbocycles. The maximum Gasteiger partial charge on any atom is 0.335 e. The smallest absolute Gasteiger partial charge is 0.335 e. The topological polar surface area (TPSA) is 178 Å². The number of rotatable bonds is 7. The van der Waals surface area contributed by atoms with Crippen molar-refractivity contribution in [2.75, 3.05) is 0 Å². The van der Waals surface area contributed by atoms with E-state index in [0.29, 0.717) is 30.7 Å². The molecule has 0 spiro atoms. The molecule has 1 aliphatic rings. The zero-order valence-corrected chi connectivity index (χ0v) is 21.7. The van der Waals surface area contributed by atoms with Gasteiger partial charge in [0.15, 0.2) is 9.51 Å². The first-order valence-corrected chi connectivity index (χ1v) is 13.3. The van der Waals surface area contributed by atoms with E-state index in [1.54, 1.807) is 12.1 Å². The normalized spacial score (nSPS) is 15.1. The number of carboxylic acids is 1. The number of amidine groups is 1. The van der Waals surface area contributed by atoms with Crippen molar-refractivity contribution in [3.63, 3.8) is 0 Å². The molecule has 12 nitrogen and oxygen atoms in total. The third kappa shape index (κ3) is 5.79. The summed E-state index contributed by atoms with van der Waals surface area (Å²) >= 11 is 3.31. The fourth-order valence-electron chi connectivity index (χ4n) is 3.42. The first kappa shape index (κ1) is 26.0. The van der Waals surface area contributed by atoms with Crippen LogP contribution in [0.15, 0.2) is 79.8 Å². The number of aliphatic imine (C=N–C) groups is 1. The number of hydrogen-bond donors (Lipinski definition) is 2. The highest BCUT2D eigenvalue weighted by molar-refractivity contribution is 8.18. The van der Waals surface area contributed by atoms with Gasteiger partial charge in [-0.15, -0.1) is 11.3 Å². The fraction of sp³-hybridized carbons (Fsp3) is 0. The van der Waals surface area contributed by atoms with Gasteiger partial charge in [-0.3, -0.25) is 25.0 Å². The number of nitrogens with one attached hydrogen (secondary N) is 1. The van der Waals surface area contributed by atoms with Crippen LogP contribution in [0.5, 0.6) is 0 Å². The zero-order valence-electron chi connectivity index (χ0n) is 19.3. The first-order valence-electron chi connectivity index (χ1n) is 10.8. The summed E-state index contributed by atoms with van der Waals surface area (Å²) in [6, 6.07) is 14.7. The Balaban J connectivity index is 1.37. The molecule has 1 fully saturated rings. The average molecular weight is 580 g/mol. The summed E-state index contributed by atoms with van der Waals surface area (Å²) in [5.74, 6) is -1.49. The molecule has 1 amide bonds. The van der Waals surface area contributed by atoms with Crippen LogP contribution in [-0.2, 0) is 4.79 Å². The molecular weight excluding hydrogens is 566 g/mol. The summed E-state index contributed by atoms with van der Waals surface area (Å²) in [6.07, 6.45) is 1.51. The Morgan fingerprint density at radius 1 is 1.05 bits per heavy atom. The van der Waals surface area contributed by atoms with E-state index in [4.69, 9.17) is 5.11 Å². The van der Waals surface area contributed by atoms with Crippen molar-refractivity contribution in [1.82, 2.24) is 10.3 Å². The number of benzene rings is 3. The number of aromatic carboxylic acids is 1. The van der Waals surface area contributed by atoms with Crippen molar-refractivity contribution in [2.24, 2.45) is 4.99 Å². The Bertz CT molecular complexity index is 1750. The number of thioether (sulfide) groups is 1. The Kier molecular flexibility index (Phi) is 7.10. The van der Waals surface area contributed by atoms with E-state index in [9.17, 15) is 29.8 Å². The van der Waals surface area contributed by atoms with E-state index in [-0.39, 0.29) is 27.0 Å². The summed E-state index contributed by atoms with van der Waals surface area (Å²) in [5, 5.41) is 34.7. The van der Waals surface area contributed by atoms with Gasteiger partial charge in [-0.2, -0.15) is 0 Å². The van der Waals surface area contributed by atoms with E-state index in [1.165, 1.54) is 65.9 Å². The second-order valence-corrected chi connectivity index (χ2v) is 11.2. The Hall–Kier alpha value is -4.60. The molecule has 194 valence electrons. The summed E-state index contributed by atoms with van der Waals surface area (Å²) < 4.78 is 1.08. The highest BCUT2D eigenvalue weighted by atomic mass is 32.2. The van der Waals surface area contributed by atoms with Crippen LogP contribution in [0, 0.1) is 20.2 Å². The number of nitrogens with zero attached hydrogens (tertiary/aromatic N) is 4. The highest BCUT2D eigenvalue weighted by Gasteiger charge is 2.25. The van der Waals surface area contributed by atoms with Gasteiger partial charge in [0.05, 0.1) is 41.1 Å². The van der Waals surface area contributed by atoms with E-state index in [1.807, 2.05) is 0 Å². The summed E-state index contributed by atoms with van der Waals surface area (Å²) in [5.41, 5.74) is 1.29. The maximum atomic E-state index is 12.5. The molecule has 1 aliphatic heterocycles. The van der Waals surface area contributed by atoms with Gasteiger partial charge >= 0.3 is 5.97 Å². The molecular formula is C24H13N5O7S3. The average Bonchev–Trinajstić information content (AvgIpc) is 3.46. The molecule has 39 heavy (non-hydrogen) atoms. The lowest BCUT2D eigenvalue weighted by Crippen LogP contribution is -2.19. The van der Waals surface area contributed by atoms with Crippen LogP contribution in [0.3, 0.4) is 0 Å². The Morgan fingerprint density at radius 2 is 1.82 bits per heavy atom. The van der Waals surface area contributed by atoms with Crippen molar-refractivity contribution in [3.8, 4) is 0 Å². The standard InChI is InChI=1S/C24H13N5O7S3/c30-21-20(37-23(27-21)25-14-4-2-13(3-5-14)22(31)32)10-12-1-8-18(17(9-12)29(35)36)38-24-26-16-7-6-15(28(33)34)11-19(16)39-24/h1-11H,(H,31,32)(H,25,27,30)/b20-10-. The molecule has 3 aromatic carbocycles. The molecule has 15 heteroatoms. The van der Waals surface area contributed by atoms with Crippen molar-refractivity contribution < 1.29 is 24.5 Å². The molecule has 2 N–H and O–H groups in total. The van der Waals surface area contributed by atoms with Crippen LogP contribution in [-0.4, -0.2) is 37.0 Å². The van der Waals surface area contributed by atoms with Crippen molar-refractivity contribution >= 4 is 85.3 Å². The number of non-ortho nitro benzene ring substituents is 1. The molecule has 0 unspecified atom stereocenters. The number of amides is 1. The zero-order chi connectivity index (χ0) is 27.7. The SMILES string of the molecule is O=C1NC(=Nc2ccc(C(=O)O)cc2)S/C1=C\c1ccc(Sc2nc3ccc([N+](=O)[O-])cc3s2)c([N+](=O)[O-])c1. The molecule has 0 atom stereocenters. The van der Waals surface area contributed by atoms with E-state index in [2.05, 4.69) is 15.3 Å². The van der Waals surface area contributed by atoms with Crippen molar-refractivity contribution in [1.29, 1.82) is 0 Å². The monoisotopic (exact) mass is 579 g/mol. The summed E-state index contributed by atoms with van der Waals surface area (Å²) in [6.45, 7) is 0. The number of thiazole rings is 1. The number of hydrogen-bond acceptors (Lipinski definition) is 11. The minimum Gasteiger partial charge on any atom is -0.478 e. The minimum atomic E-state index is -1.06. The molecule has 0 saturated carbocycles. The van der Waals surface area contributed by atoms with E-state index < -0.39 is 21.7 Å². The molecule has 1 aromatic heterocycles. The van der Waals surface area contributed by atoms with Gasteiger partial charge < -0.3 is 10.4 Å². The van der Waals surface area contributed by atoms with Gasteiger partial charge in [-0.1, -0.05) is 17.8 Å². The number of nitro groups is 2. The Labute approximate surface area is 230 Å². The third-order valence-electron chi connectivity index (χ3n) is 5.23. The lowest BCUT2D eigenvalue weighted by atomic mass is 10.2. The van der Waals surface area contributed by atoms with Crippen molar-refractivity contribution in [3.05, 3.63) is 96.9 Å². The van der Waals surface area contributed by atoms with Gasteiger partial charge in [-0.25, -0.2) is 14.8 Å². The van der Waals surface area contributed by atoms with Gasteiger partial charge in [-0.05, 0) is 59.8 Å². The van der Waals surface area contributed by atoms with Crippen LogP contribution >= 0.6 is 34.9 Å². The quantitative estimate of drug-likeness (QED) is 0.153. The number of aromatic nitrogens is 1. The maximum absolute atomic E-state index is 12.5. The number of carbonyl (C=O) groups is 2. The predicted octanol–water partition coefficient (Wildman–Crippen LogP) is 5.85. The Morgan fingerprint density at radius 3 is 2.51 bits per heavy atom. The number of carbonyl (C=O) groups excluding carboxylic acids is 1. The van der Waals surface area contributed by atoms with Gasteiger partial charge in [0.1, 0.15) is 0 Å². The summed E-state index contributed by atoms with van der Waals surface area (Å²) in [4.78, 5) is 54.6. The molecule has 0 bridgehead atoms. The molecule has 1 saturated heterocycles. The lowest BCUT2D eigenvalue weighted by Gasteiger charge is -2.02. The van der Waals surface area contributed by atoms with Gasteiger partial charge in [0.2, 0.25) is 0 Å². The second-order valence-electron chi connectivity index (χ2n) is 7.81. The number of nitro benzene ring substituents is 2. The molecule has 0 radical (unpaired) electrons. The van der Waals surface area contributed by atoms with Crippen molar-refractivity contribution in [2.45, 2.75) is 9.24 Å². The fourth-order valence-corrected chi connectivity index (χ4v) is 6.41. The van der Waals surface area contributed by atoms with Gasteiger partial charge in [0, 0.05) is 18.2 Å². The molecule has 4 aromatic rings. The summed E-state index contributed by atoms with van der Waals surface area (Å²) in [7, 11) is 0. The third-order valence-corrected chi connectivity index (χ3v) is 8.29. The minimum absolute atomic E-state index is 0.0656. The van der Waals surface area contributed by atoms with Crippen LogP contribution in [0.1, 0.15) is 15.9 Å². The van der Waals surface area contributed by atoms with E-state index in [0.717, 1.165) is 23.5 Å². The number of carboxylic acid groups (broad SMARTS) is 1. The van der Waals surface area contributed by atoms with Crippen LogP contribution < -0.4 is 5.32 Å². The first-order chi connectivity index (χ1) is 18.7. The van der Waals surface area contributed by atoms with Gasteiger partial charge in [0.25, 0.3) is 17.3 Å². The predicted molar refractivity (Wildman–Crippen MR) is 148 cm³/mol. The second kappa shape index (κ2) is 10.6. The molecule has 5 rings (SSSR count).